The SMILES string of the molecule is O=c1ncc([N+](=O)[O-])cn1Cc1nc(Cl)ccc1Cl. The highest BCUT2D eigenvalue weighted by Gasteiger charge is 2.11. The Morgan fingerprint density at radius 2 is 2.11 bits per heavy atom. The Balaban J connectivity index is 2.43. The summed E-state index contributed by atoms with van der Waals surface area (Å²) in [5.74, 6) is 0. The molecule has 0 radical (unpaired) electrons. The third kappa shape index (κ3) is 3.07. The number of rotatable bonds is 3. The first kappa shape index (κ1) is 13.4. The molecule has 0 saturated heterocycles. The maximum atomic E-state index is 11.5. The van der Waals surface area contributed by atoms with Crippen molar-refractivity contribution in [2.45, 2.75) is 6.54 Å². The van der Waals surface area contributed by atoms with Crippen molar-refractivity contribution in [2.75, 3.05) is 0 Å². The Morgan fingerprint density at radius 3 is 2.79 bits per heavy atom. The molecule has 0 spiro atoms. The van der Waals surface area contributed by atoms with Crippen LogP contribution in [0.5, 0.6) is 0 Å². The molecule has 9 heteroatoms. The van der Waals surface area contributed by atoms with Gasteiger partial charge >= 0.3 is 11.4 Å². The van der Waals surface area contributed by atoms with Crippen molar-refractivity contribution in [1.82, 2.24) is 14.5 Å². The fraction of sp³-hybridized carbons (Fsp3) is 0.100. The van der Waals surface area contributed by atoms with E-state index in [1.165, 1.54) is 12.1 Å². The fourth-order valence-corrected chi connectivity index (χ4v) is 1.71. The Hall–Kier alpha value is -1.99. The predicted molar refractivity (Wildman–Crippen MR) is 68.5 cm³/mol. The van der Waals surface area contributed by atoms with Gasteiger partial charge in [0.1, 0.15) is 11.3 Å². The van der Waals surface area contributed by atoms with E-state index in [0.29, 0.717) is 10.7 Å². The van der Waals surface area contributed by atoms with Crippen LogP contribution in [0.15, 0.2) is 29.3 Å². The molecule has 0 aliphatic carbocycles. The van der Waals surface area contributed by atoms with E-state index in [1.807, 2.05) is 0 Å². The van der Waals surface area contributed by atoms with E-state index in [-0.39, 0.29) is 17.4 Å². The van der Waals surface area contributed by atoms with Gasteiger partial charge in [-0.3, -0.25) is 14.7 Å². The summed E-state index contributed by atoms with van der Waals surface area (Å²) < 4.78 is 1.04. The number of hydrogen-bond donors (Lipinski definition) is 0. The van der Waals surface area contributed by atoms with Gasteiger partial charge < -0.3 is 0 Å². The van der Waals surface area contributed by atoms with E-state index in [2.05, 4.69) is 9.97 Å². The van der Waals surface area contributed by atoms with Gasteiger partial charge in [0.25, 0.3) is 0 Å². The van der Waals surface area contributed by atoms with Crippen LogP contribution in [0.25, 0.3) is 0 Å². The lowest BCUT2D eigenvalue weighted by molar-refractivity contribution is -0.385. The van der Waals surface area contributed by atoms with E-state index in [0.717, 1.165) is 17.0 Å². The van der Waals surface area contributed by atoms with E-state index in [1.54, 1.807) is 0 Å². The fourth-order valence-electron chi connectivity index (χ4n) is 1.38. The molecule has 2 heterocycles. The summed E-state index contributed by atoms with van der Waals surface area (Å²) in [6.07, 6.45) is 1.97. The molecule has 7 nitrogen and oxygen atoms in total. The van der Waals surface area contributed by atoms with Crippen LogP contribution in [0, 0.1) is 10.1 Å². The Labute approximate surface area is 116 Å². The van der Waals surface area contributed by atoms with Crippen LogP contribution in [-0.4, -0.2) is 19.5 Å². The zero-order chi connectivity index (χ0) is 14.0. The van der Waals surface area contributed by atoms with Gasteiger partial charge in [0.2, 0.25) is 0 Å². The van der Waals surface area contributed by atoms with Gasteiger partial charge in [-0.25, -0.2) is 9.78 Å². The van der Waals surface area contributed by atoms with Crippen molar-refractivity contribution >= 4 is 28.9 Å². The summed E-state index contributed by atoms with van der Waals surface area (Å²) >= 11 is 11.6. The normalized spacial score (nSPS) is 10.4. The molecule has 2 aromatic heterocycles. The average Bonchev–Trinajstić information content (AvgIpc) is 2.36. The molecule has 0 bridgehead atoms. The van der Waals surface area contributed by atoms with Gasteiger partial charge in [0.05, 0.1) is 28.4 Å². The summed E-state index contributed by atoms with van der Waals surface area (Å²) in [7, 11) is 0. The van der Waals surface area contributed by atoms with Crippen molar-refractivity contribution in [1.29, 1.82) is 0 Å². The molecule has 2 aromatic rings. The summed E-state index contributed by atoms with van der Waals surface area (Å²) in [5.41, 5.74) is -0.597. The van der Waals surface area contributed by atoms with Crippen LogP contribution in [0.4, 0.5) is 5.69 Å². The van der Waals surface area contributed by atoms with Gasteiger partial charge in [0, 0.05) is 0 Å². The van der Waals surface area contributed by atoms with Gasteiger partial charge in [-0.2, -0.15) is 4.98 Å². The lowest BCUT2D eigenvalue weighted by Crippen LogP contribution is -2.23. The van der Waals surface area contributed by atoms with Gasteiger partial charge in [-0.15, -0.1) is 0 Å². The van der Waals surface area contributed by atoms with Gasteiger partial charge in [0.15, 0.2) is 0 Å². The van der Waals surface area contributed by atoms with Gasteiger partial charge in [-0.1, -0.05) is 23.2 Å². The minimum Gasteiger partial charge on any atom is -0.286 e. The predicted octanol–water partition coefficient (Wildman–Crippen LogP) is 1.90. The van der Waals surface area contributed by atoms with Crippen molar-refractivity contribution in [3.05, 3.63) is 61.0 Å². The van der Waals surface area contributed by atoms with Crippen LogP contribution < -0.4 is 5.69 Å². The third-order valence-electron chi connectivity index (χ3n) is 2.26. The van der Waals surface area contributed by atoms with Crippen molar-refractivity contribution in [2.24, 2.45) is 0 Å². The topological polar surface area (TPSA) is 90.9 Å². The second kappa shape index (κ2) is 5.33. The lowest BCUT2D eigenvalue weighted by Gasteiger charge is -2.06. The summed E-state index contributed by atoms with van der Waals surface area (Å²) in [5, 5.41) is 11.1. The number of halogens is 2. The molecule has 0 atom stereocenters. The minimum absolute atomic E-state index is 0.0487. The average molecular weight is 301 g/mol. The molecule has 0 amide bonds. The Morgan fingerprint density at radius 1 is 1.37 bits per heavy atom. The van der Waals surface area contributed by atoms with Crippen LogP contribution in [0.1, 0.15) is 5.69 Å². The summed E-state index contributed by atoms with van der Waals surface area (Å²) in [4.78, 5) is 28.9. The van der Waals surface area contributed by atoms with Crippen LogP contribution in [0.2, 0.25) is 10.2 Å². The second-order valence-electron chi connectivity index (χ2n) is 3.54. The number of nitrogens with zero attached hydrogens (tertiary/aromatic N) is 4. The number of pyridine rings is 1. The second-order valence-corrected chi connectivity index (χ2v) is 4.34. The number of aromatic nitrogens is 3. The molecular weight excluding hydrogens is 295 g/mol. The smallest absolute Gasteiger partial charge is 0.286 e. The Kier molecular flexibility index (Phi) is 3.77. The maximum absolute atomic E-state index is 11.5. The molecule has 19 heavy (non-hydrogen) atoms. The molecule has 0 aliphatic rings. The summed E-state index contributed by atoms with van der Waals surface area (Å²) in [6.45, 7) is -0.0487. The summed E-state index contributed by atoms with van der Waals surface area (Å²) in [6, 6.07) is 3.03. The van der Waals surface area contributed by atoms with Crippen LogP contribution in [0.3, 0.4) is 0 Å². The third-order valence-corrected chi connectivity index (χ3v) is 2.81. The molecule has 0 fully saturated rings. The number of hydrogen-bond acceptors (Lipinski definition) is 5. The highest BCUT2D eigenvalue weighted by molar-refractivity contribution is 6.32. The van der Waals surface area contributed by atoms with Crippen LogP contribution in [-0.2, 0) is 6.54 Å². The van der Waals surface area contributed by atoms with Crippen molar-refractivity contribution < 1.29 is 4.92 Å². The molecule has 2 rings (SSSR count). The zero-order valence-electron chi connectivity index (χ0n) is 9.29. The highest BCUT2D eigenvalue weighted by Crippen LogP contribution is 2.17. The number of nitro groups is 1. The first-order valence-electron chi connectivity index (χ1n) is 4.99. The molecular formula is C10H6Cl2N4O3. The van der Waals surface area contributed by atoms with E-state index in [9.17, 15) is 14.9 Å². The first-order chi connectivity index (χ1) is 8.97. The van der Waals surface area contributed by atoms with Gasteiger partial charge in [-0.05, 0) is 12.1 Å². The standard InChI is InChI=1S/C10H6Cl2N4O3/c11-7-1-2-9(12)14-8(7)5-15-4-6(16(18)19)3-13-10(15)17/h1-4H,5H2. The zero-order valence-corrected chi connectivity index (χ0v) is 10.8. The maximum Gasteiger partial charge on any atom is 0.348 e. The van der Waals surface area contributed by atoms with E-state index < -0.39 is 10.6 Å². The molecule has 0 unspecified atom stereocenters. The van der Waals surface area contributed by atoms with Crippen molar-refractivity contribution in [3.8, 4) is 0 Å². The lowest BCUT2D eigenvalue weighted by atomic mass is 10.3. The van der Waals surface area contributed by atoms with Crippen LogP contribution >= 0.6 is 23.2 Å². The molecule has 0 saturated carbocycles. The molecule has 0 aliphatic heterocycles. The minimum atomic E-state index is -0.643. The van der Waals surface area contributed by atoms with E-state index in [4.69, 9.17) is 23.2 Å². The first-order valence-corrected chi connectivity index (χ1v) is 5.75. The van der Waals surface area contributed by atoms with Crippen molar-refractivity contribution in [3.63, 3.8) is 0 Å². The molecule has 0 N–H and O–H groups in total. The molecule has 0 aromatic carbocycles. The van der Waals surface area contributed by atoms with E-state index >= 15 is 0 Å². The largest absolute Gasteiger partial charge is 0.348 e. The molecule has 98 valence electrons. The Bertz CT molecular complexity index is 701. The quantitative estimate of drug-likeness (QED) is 0.490. The highest BCUT2D eigenvalue weighted by atomic mass is 35.5. The monoisotopic (exact) mass is 300 g/mol.